The molecular weight excluding hydrogens is 298 g/mol. The number of nitrogens with zero attached hydrogens (tertiary/aromatic N) is 1. The Balaban J connectivity index is 2.73. The van der Waals surface area contributed by atoms with E-state index in [-0.39, 0.29) is 5.56 Å². The molecule has 2 aromatic rings. The Labute approximate surface area is 112 Å². The first-order valence-corrected chi connectivity index (χ1v) is 6.37. The molecule has 1 atom stereocenters. The van der Waals surface area contributed by atoms with Crippen molar-refractivity contribution in [2.24, 2.45) is 0 Å². The van der Waals surface area contributed by atoms with Crippen LogP contribution < -0.4 is 5.56 Å². The van der Waals surface area contributed by atoms with Crippen LogP contribution in [0.25, 0.3) is 10.8 Å². The monoisotopic (exact) mass is 309 g/mol. The summed E-state index contributed by atoms with van der Waals surface area (Å²) in [4.78, 5) is 23.4. The smallest absolute Gasteiger partial charge is 0.326 e. The van der Waals surface area contributed by atoms with Crippen molar-refractivity contribution in [3.63, 3.8) is 0 Å². The fourth-order valence-electron chi connectivity index (χ4n) is 1.99. The van der Waals surface area contributed by atoms with Crippen LogP contribution in [0, 0.1) is 0 Å². The zero-order valence-electron chi connectivity index (χ0n) is 9.76. The highest BCUT2D eigenvalue weighted by Gasteiger charge is 2.19. The van der Waals surface area contributed by atoms with Crippen LogP contribution in [0.1, 0.15) is 19.4 Å². The van der Waals surface area contributed by atoms with Gasteiger partial charge in [-0.05, 0) is 24.6 Å². The first-order valence-electron chi connectivity index (χ1n) is 5.58. The zero-order chi connectivity index (χ0) is 13.3. The number of rotatable bonds is 3. The minimum Gasteiger partial charge on any atom is -0.480 e. The zero-order valence-corrected chi connectivity index (χ0v) is 11.3. The summed E-state index contributed by atoms with van der Waals surface area (Å²) in [6.45, 7) is 1.75. The van der Waals surface area contributed by atoms with Crippen LogP contribution in [0.15, 0.2) is 39.7 Å². The van der Waals surface area contributed by atoms with Crippen molar-refractivity contribution < 1.29 is 9.90 Å². The van der Waals surface area contributed by atoms with Crippen LogP contribution in [0.2, 0.25) is 0 Å². The predicted molar refractivity (Wildman–Crippen MR) is 72.9 cm³/mol. The highest BCUT2D eigenvalue weighted by atomic mass is 79.9. The molecule has 1 aromatic heterocycles. The SMILES string of the molecule is CCC(C(=O)O)n1ccc2c(Br)cccc2c1=O. The molecule has 1 aromatic carbocycles. The quantitative estimate of drug-likeness (QED) is 0.948. The van der Waals surface area contributed by atoms with Gasteiger partial charge in [-0.15, -0.1) is 0 Å². The lowest BCUT2D eigenvalue weighted by Crippen LogP contribution is -2.29. The Morgan fingerprint density at radius 3 is 2.72 bits per heavy atom. The number of carboxylic acids is 1. The van der Waals surface area contributed by atoms with E-state index in [1.807, 2.05) is 6.07 Å². The molecule has 0 bridgehead atoms. The average molecular weight is 310 g/mol. The lowest BCUT2D eigenvalue weighted by molar-refractivity contribution is -0.141. The third kappa shape index (κ3) is 2.06. The molecule has 4 nitrogen and oxygen atoms in total. The number of aliphatic carboxylic acids is 1. The maximum atomic E-state index is 12.3. The third-order valence-corrected chi connectivity index (χ3v) is 3.62. The van der Waals surface area contributed by atoms with Gasteiger partial charge in [-0.1, -0.05) is 28.9 Å². The third-order valence-electron chi connectivity index (χ3n) is 2.93. The van der Waals surface area contributed by atoms with Crippen LogP contribution in [0.4, 0.5) is 0 Å². The second kappa shape index (κ2) is 4.94. The summed E-state index contributed by atoms with van der Waals surface area (Å²) in [6, 6.07) is 6.25. The molecule has 0 saturated carbocycles. The van der Waals surface area contributed by atoms with Crippen molar-refractivity contribution in [2.45, 2.75) is 19.4 Å². The van der Waals surface area contributed by atoms with Crippen LogP contribution in [-0.4, -0.2) is 15.6 Å². The summed E-state index contributed by atoms with van der Waals surface area (Å²) in [5.74, 6) is -0.992. The fourth-order valence-corrected chi connectivity index (χ4v) is 2.49. The molecule has 94 valence electrons. The Kier molecular flexibility index (Phi) is 3.52. The first kappa shape index (κ1) is 12.8. The van der Waals surface area contributed by atoms with E-state index in [9.17, 15) is 9.59 Å². The van der Waals surface area contributed by atoms with E-state index < -0.39 is 12.0 Å². The van der Waals surface area contributed by atoms with Crippen LogP contribution >= 0.6 is 15.9 Å². The summed E-state index contributed by atoms with van der Waals surface area (Å²) in [7, 11) is 0. The molecule has 1 N–H and O–H groups in total. The standard InChI is InChI=1S/C13H12BrNO3/c1-2-11(13(17)18)15-7-6-8-9(12(15)16)4-3-5-10(8)14/h3-7,11H,2H2,1H3,(H,17,18). The van der Waals surface area contributed by atoms with Gasteiger partial charge >= 0.3 is 5.97 Å². The van der Waals surface area contributed by atoms with E-state index in [2.05, 4.69) is 15.9 Å². The summed E-state index contributed by atoms with van der Waals surface area (Å²) in [5, 5.41) is 10.4. The van der Waals surface area contributed by atoms with Crippen molar-refractivity contribution in [3.05, 3.63) is 45.3 Å². The van der Waals surface area contributed by atoms with E-state index in [1.54, 1.807) is 25.1 Å². The molecule has 2 rings (SSSR count). The number of fused-ring (bicyclic) bond motifs is 1. The minimum atomic E-state index is -0.992. The summed E-state index contributed by atoms with van der Waals surface area (Å²) >= 11 is 3.37. The van der Waals surface area contributed by atoms with Gasteiger partial charge in [0, 0.05) is 21.4 Å². The van der Waals surface area contributed by atoms with Gasteiger partial charge in [-0.25, -0.2) is 4.79 Å². The normalized spacial score (nSPS) is 12.6. The van der Waals surface area contributed by atoms with Crippen molar-refractivity contribution in [3.8, 4) is 0 Å². The molecule has 0 aliphatic carbocycles. The molecule has 1 unspecified atom stereocenters. The maximum Gasteiger partial charge on any atom is 0.326 e. The topological polar surface area (TPSA) is 59.3 Å². The highest BCUT2D eigenvalue weighted by Crippen LogP contribution is 2.22. The lowest BCUT2D eigenvalue weighted by atomic mass is 10.1. The minimum absolute atomic E-state index is 0.275. The maximum absolute atomic E-state index is 12.3. The van der Waals surface area contributed by atoms with Gasteiger partial charge in [0.25, 0.3) is 5.56 Å². The highest BCUT2D eigenvalue weighted by molar-refractivity contribution is 9.10. The molecule has 5 heteroatoms. The number of hydrogen-bond acceptors (Lipinski definition) is 2. The molecular formula is C13H12BrNO3. The molecule has 0 aliphatic rings. The van der Waals surface area contributed by atoms with Gasteiger partial charge in [-0.3, -0.25) is 4.79 Å². The number of aromatic nitrogens is 1. The van der Waals surface area contributed by atoms with Gasteiger partial charge in [0.15, 0.2) is 0 Å². The number of carboxylic acid groups (broad SMARTS) is 1. The molecule has 0 aliphatic heterocycles. The molecule has 0 radical (unpaired) electrons. The molecule has 0 amide bonds. The molecule has 18 heavy (non-hydrogen) atoms. The van der Waals surface area contributed by atoms with Crippen molar-refractivity contribution in [1.29, 1.82) is 0 Å². The number of carbonyl (C=O) groups is 1. The van der Waals surface area contributed by atoms with Crippen LogP contribution in [0.3, 0.4) is 0 Å². The summed E-state index contributed by atoms with van der Waals surface area (Å²) < 4.78 is 2.10. The van der Waals surface area contributed by atoms with E-state index in [0.717, 1.165) is 9.86 Å². The summed E-state index contributed by atoms with van der Waals surface area (Å²) in [6.07, 6.45) is 1.91. The molecule has 1 heterocycles. The number of halogens is 1. The number of benzene rings is 1. The largest absolute Gasteiger partial charge is 0.480 e. The van der Waals surface area contributed by atoms with E-state index in [0.29, 0.717) is 11.8 Å². The Morgan fingerprint density at radius 1 is 1.39 bits per heavy atom. The van der Waals surface area contributed by atoms with E-state index >= 15 is 0 Å². The Hall–Kier alpha value is -1.62. The second-order valence-corrected chi connectivity index (χ2v) is 4.85. The van der Waals surface area contributed by atoms with Gasteiger partial charge in [0.05, 0.1) is 0 Å². The van der Waals surface area contributed by atoms with Crippen molar-refractivity contribution >= 4 is 32.7 Å². The fraction of sp³-hybridized carbons (Fsp3) is 0.231. The lowest BCUT2D eigenvalue weighted by Gasteiger charge is -2.14. The van der Waals surface area contributed by atoms with Gasteiger partial charge in [0.2, 0.25) is 0 Å². The first-order chi connectivity index (χ1) is 8.56. The average Bonchev–Trinajstić information content (AvgIpc) is 2.33. The van der Waals surface area contributed by atoms with E-state index in [4.69, 9.17) is 5.11 Å². The van der Waals surface area contributed by atoms with E-state index in [1.165, 1.54) is 10.8 Å². The van der Waals surface area contributed by atoms with Gasteiger partial charge < -0.3 is 9.67 Å². The van der Waals surface area contributed by atoms with Gasteiger partial charge in [0.1, 0.15) is 6.04 Å². The number of pyridine rings is 1. The molecule has 0 saturated heterocycles. The molecule has 0 spiro atoms. The molecule has 0 fully saturated rings. The number of hydrogen-bond donors (Lipinski definition) is 1. The summed E-state index contributed by atoms with van der Waals surface area (Å²) in [5.41, 5.74) is -0.275. The van der Waals surface area contributed by atoms with Crippen molar-refractivity contribution in [1.82, 2.24) is 4.57 Å². The second-order valence-electron chi connectivity index (χ2n) is 3.99. The predicted octanol–water partition coefficient (Wildman–Crippen LogP) is 2.80. The van der Waals surface area contributed by atoms with Crippen LogP contribution in [0.5, 0.6) is 0 Å². The van der Waals surface area contributed by atoms with Crippen molar-refractivity contribution in [2.75, 3.05) is 0 Å². The Bertz CT molecular complexity index is 663. The Morgan fingerprint density at radius 2 is 2.11 bits per heavy atom. The van der Waals surface area contributed by atoms with Gasteiger partial charge in [-0.2, -0.15) is 0 Å². The van der Waals surface area contributed by atoms with Crippen LogP contribution in [-0.2, 0) is 4.79 Å².